The molecule has 0 saturated carbocycles. The Morgan fingerprint density at radius 1 is 1.33 bits per heavy atom. The second kappa shape index (κ2) is 7.45. The van der Waals surface area contributed by atoms with Crippen LogP contribution in [0.5, 0.6) is 5.75 Å². The number of halogens is 2. The van der Waals surface area contributed by atoms with Crippen LogP contribution in [0, 0.1) is 0 Å². The largest absolute Gasteiger partial charge is 0.492 e. The summed E-state index contributed by atoms with van der Waals surface area (Å²) in [5.41, 5.74) is 1.08. The van der Waals surface area contributed by atoms with E-state index in [0.29, 0.717) is 21.4 Å². The van der Waals surface area contributed by atoms with Gasteiger partial charge in [-0.05, 0) is 31.2 Å². The molecule has 0 saturated heterocycles. The highest BCUT2D eigenvalue weighted by Crippen LogP contribution is 2.40. The van der Waals surface area contributed by atoms with Crippen molar-refractivity contribution in [2.24, 2.45) is 0 Å². The molecule has 0 amide bonds. The molecule has 2 nitrogen and oxygen atoms in total. The maximum Gasteiger partial charge on any atom is 0.142 e. The fourth-order valence-corrected chi connectivity index (χ4v) is 4.18. The van der Waals surface area contributed by atoms with Gasteiger partial charge in [0.1, 0.15) is 5.75 Å². The molecule has 1 atom stereocenters. The minimum Gasteiger partial charge on any atom is -0.492 e. The molecular weight excluding hydrogens is 325 g/mol. The van der Waals surface area contributed by atoms with Crippen molar-refractivity contribution in [3.63, 3.8) is 0 Å². The van der Waals surface area contributed by atoms with Gasteiger partial charge in [-0.15, -0.1) is 0 Å². The number of benzene rings is 1. The van der Waals surface area contributed by atoms with Gasteiger partial charge in [-0.1, -0.05) is 37.0 Å². The Morgan fingerprint density at radius 2 is 2.05 bits per heavy atom. The quantitative estimate of drug-likeness (QED) is 0.751. The highest BCUT2D eigenvalue weighted by atomic mass is 35.5. The molecule has 1 aliphatic heterocycles. The first-order valence-electron chi connectivity index (χ1n) is 7.45. The molecule has 5 heteroatoms. The topological polar surface area (TPSA) is 21.3 Å². The Hall–Kier alpha value is -0.0900. The minimum atomic E-state index is 0.259. The van der Waals surface area contributed by atoms with Crippen LogP contribution in [0.4, 0.5) is 0 Å². The van der Waals surface area contributed by atoms with Gasteiger partial charge in [0.05, 0.1) is 11.6 Å². The standard InChI is InChI=1S/C16H23Cl2NOS/c1-4-16(5-2,21-3)10-19-14-6-7-20-15-12(14)8-11(17)9-13(15)18/h8-9,14,19H,4-7,10H2,1-3H3. The average molecular weight is 348 g/mol. The first kappa shape index (κ1) is 17.3. The van der Waals surface area contributed by atoms with Crippen LogP contribution in [-0.2, 0) is 0 Å². The summed E-state index contributed by atoms with van der Waals surface area (Å²) in [7, 11) is 0. The second-order valence-corrected chi connectivity index (χ2v) is 7.59. The van der Waals surface area contributed by atoms with E-state index in [2.05, 4.69) is 25.4 Å². The summed E-state index contributed by atoms with van der Waals surface area (Å²) in [4.78, 5) is 0. The molecule has 0 radical (unpaired) electrons. The van der Waals surface area contributed by atoms with Crippen LogP contribution in [-0.4, -0.2) is 24.2 Å². The average Bonchev–Trinajstić information content (AvgIpc) is 2.49. The Morgan fingerprint density at radius 3 is 2.67 bits per heavy atom. The summed E-state index contributed by atoms with van der Waals surface area (Å²) in [5.74, 6) is 0.785. The number of thioether (sulfide) groups is 1. The van der Waals surface area contributed by atoms with Crippen molar-refractivity contribution < 1.29 is 4.74 Å². The molecule has 1 N–H and O–H groups in total. The van der Waals surface area contributed by atoms with Gasteiger partial charge in [0.25, 0.3) is 0 Å². The summed E-state index contributed by atoms with van der Waals surface area (Å²) in [6.45, 7) is 6.19. The van der Waals surface area contributed by atoms with Crippen molar-refractivity contribution in [3.8, 4) is 5.75 Å². The van der Waals surface area contributed by atoms with E-state index in [0.717, 1.165) is 37.1 Å². The molecule has 1 unspecified atom stereocenters. The third-order valence-corrected chi connectivity index (χ3v) is 6.54. The Balaban J connectivity index is 2.17. The molecule has 1 aromatic rings. The number of hydrogen-bond donors (Lipinski definition) is 1. The predicted octanol–water partition coefficient (Wildman–Crippen LogP) is 5.33. The van der Waals surface area contributed by atoms with E-state index in [-0.39, 0.29) is 6.04 Å². The third-order valence-electron chi connectivity index (χ3n) is 4.46. The lowest BCUT2D eigenvalue weighted by atomic mass is 9.97. The first-order valence-corrected chi connectivity index (χ1v) is 9.43. The number of hydrogen-bond acceptors (Lipinski definition) is 3. The van der Waals surface area contributed by atoms with Gasteiger partial charge in [0, 0.05) is 34.3 Å². The van der Waals surface area contributed by atoms with E-state index in [1.807, 2.05) is 17.8 Å². The van der Waals surface area contributed by atoms with E-state index in [4.69, 9.17) is 27.9 Å². The molecule has 1 aromatic carbocycles. The van der Waals surface area contributed by atoms with Gasteiger partial charge in [0.2, 0.25) is 0 Å². The van der Waals surface area contributed by atoms with E-state index >= 15 is 0 Å². The van der Waals surface area contributed by atoms with E-state index < -0.39 is 0 Å². The number of rotatable bonds is 6. The van der Waals surface area contributed by atoms with E-state index in [9.17, 15) is 0 Å². The molecule has 0 spiro atoms. The molecule has 0 aliphatic carbocycles. The summed E-state index contributed by atoms with van der Waals surface area (Å²) in [5, 5.41) is 4.98. The van der Waals surface area contributed by atoms with Crippen LogP contribution >= 0.6 is 35.0 Å². The van der Waals surface area contributed by atoms with Gasteiger partial charge in [0.15, 0.2) is 0 Å². The van der Waals surface area contributed by atoms with Crippen LogP contribution < -0.4 is 10.1 Å². The lowest BCUT2D eigenvalue weighted by molar-refractivity contribution is 0.249. The highest BCUT2D eigenvalue weighted by Gasteiger charge is 2.29. The zero-order valence-electron chi connectivity index (χ0n) is 12.8. The third kappa shape index (κ3) is 3.82. The van der Waals surface area contributed by atoms with Crippen molar-refractivity contribution in [2.75, 3.05) is 19.4 Å². The summed E-state index contributed by atoms with van der Waals surface area (Å²) < 4.78 is 6.01. The van der Waals surface area contributed by atoms with Gasteiger partial charge >= 0.3 is 0 Å². The van der Waals surface area contributed by atoms with Gasteiger partial charge in [-0.25, -0.2) is 0 Å². The summed E-state index contributed by atoms with van der Waals surface area (Å²) >= 11 is 14.3. The van der Waals surface area contributed by atoms with Crippen molar-refractivity contribution in [1.82, 2.24) is 5.32 Å². The fraction of sp³-hybridized carbons (Fsp3) is 0.625. The first-order chi connectivity index (χ1) is 10.0. The Labute approximate surface area is 141 Å². The molecule has 1 aliphatic rings. The fourth-order valence-electron chi connectivity index (χ4n) is 2.81. The molecule has 2 rings (SSSR count). The van der Waals surface area contributed by atoms with E-state index in [1.54, 1.807) is 6.07 Å². The van der Waals surface area contributed by atoms with Crippen LogP contribution in [0.25, 0.3) is 0 Å². The van der Waals surface area contributed by atoms with Crippen LogP contribution in [0.1, 0.15) is 44.7 Å². The molecule has 0 fully saturated rings. The molecular formula is C16H23Cl2NOS. The lowest BCUT2D eigenvalue weighted by Gasteiger charge is -2.34. The summed E-state index contributed by atoms with van der Waals surface area (Å²) in [6.07, 6.45) is 5.45. The van der Waals surface area contributed by atoms with Crippen LogP contribution in [0.15, 0.2) is 12.1 Å². The summed E-state index contributed by atoms with van der Waals surface area (Å²) in [6, 6.07) is 3.97. The van der Waals surface area contributed by atoms with Crippen LogP contribution in [0.3, 0.4) is 0 Å². The SMILES string of the molecule is CCC(CC)(CNC1CCOc2c(Cl)cc(Cl)cc21)SC. The van der Waals surface area contributed by atoms with Gasteiger partial charge in [-0.2, -0.15) is 11.8 Å². The number of nitrogens with one attached hydrogen (secondary N) is 1. The lowest BCUT2D eigenvalue weighted by Crippen LogP contribution is -2.39. The maximum absolute atomic E-state index is 6.24. The highest BCUT2D eigenvalue weighted by molar-refractivity contribution is 8.00. The molecule has 0 aromatic heterocycles. The van der Waals surface area contributed by atoms with Gasteiger partial charge < -0.3 is 10.1 Å². The minimum absolute atomic E-state index is 0.259. The maximum atomic E-state index is 6.24. The zero-order chi connectivity index (χ0) is 15.5. The normalized spacial score (nSPS) is 18.2. The Kier molecular flexibility index (Phi) is 6.13. The van der Waals surface area contributed by atoms with Crippen molar-refractivity contribution in [1.29, 1.82) is 0 Å². The predicted molar refractivity (Wildman–Crippen MR) is 94.1 cm³/mol. The molecule has 118 valence electrons. The monoisotopic (exact) mass is 347 g/mol. The number of ether oxygens (including phenoxy) is 1. The molecule has 1 heterocycles. The van der Waals surface area contributed by atoms with Crippen molar-refractivity contribution in [3.05, 3.63) is 27.7 Å². The van der Waals surface area contributed by atoms with Gasteiger partial charge in [-0.3, -0.25) is 0 Å². The van der Waals surface area contributed by atoms with Crippen molar-refractivity contribution in [2.45, 2.75) is 43.9 Å². The van der Waals surface area contributed by atoms with E-state index in [1.165, 1.54) is 0 Å². The second-order valence-electron chi connectivity index (χ2n) is 5.47. The van der Waals surface area contributed by atoms with Crippen molar-refractivity contribution >= 4 is 35.0 Å². The molecule has 0 bridgehead atoms. The smallest absolute Gasteiger partial charge is 0.142 e. The Bertz CT molecular complexity index is 483. The number of fused-ring (bicyclic) bond motifs is 1. The molecule has 21 heavy (non-hydrogen) atoms. The zero-order valence-corrected chi connectivity index (χ0v) is 15.2. The van der Waals surface area contributed by atoms with Crippen LogP contribution in [0.2, 0.25) is 10.0 Å².